The molecule has 4 nitrogen and oxygen atoms in total. The third-order valence-corrected chi connectivity index (χ3v) is 3.41. The maximum absolute atomic E-state index is 13.8. The van der Waals surface area contributed by atoms with Crippen molar-refractivity contribution in [3.63, 3.8) is 0 Å². The zero-order chi connectivity index (χ0) is 14.1. The minimum Gasteiger partial charge on any atom is -0.478 e. The molecule has 2 aromatic rings. The molecule has 1 fully saturated rings. The molecule has 1 aromatic heterocycles. The van der Waals surface area contributed by atoms with E-state index in [9.17, 15) is 9.18 Å². The first-order chi connectivity index (χ1) is 9.65. The van der Waals surface area contributed by atoms with E-state index in [0.717, 1.165) is 18.6 Å². The zero-order valence-corrected chi connectivity index (χ0v) is 10.8. The standard InChI is InChI=1S/C15H14FNO3/c16-14-8-11(5-6-13(14)15(18)19)17(10-3-4-10)9-12-2-1-7-20-12/h1-2,5-8,10H,3-4,9H2,(H,18,19). The number of halogens is 1. The van der Waals surface area contributed by atoms with Gasteiger partial charge in [0.1, 0.15) is 11.6 Å². The lowest BCUT2D eigenvalue weighted by Gasteiger charge is -2.23. The number of carboxylic acids is 1. The van der Waals surface area contributed by atoms with Crippen molar-refractivity contribution in [1.82, 2.24) is 0 Å². The Labute approximate surface area is 115 Å². The molecule has 0 saturated heterocycles. The first-order valence-corrected chi connectivity index (χ1v) is 6.47. The molecule has 20 heavy (non-hydrogen) atoms. The number of aromatic carboxylic acids is 1. The summed E-state index contributed by atoms with van der Waals surface area (Å²) in [7, 11) is 0. The van der Waals surface area contributed by atoms with Gasteiger partial charge in [0, 0.05) is 11.7 Å². The van der Waals surface area contributed by atoms with Gasteiger partial charge in [0.05, 0.1) is 18.4 Å². The van der Waals surface area contributed by atoms with Crippen LogP contribution in [0.1, 0.15) is 29.0 Å². The van der Waals surface area contributed by atoms with Crippen molar-refractivity contribution in [2.75, 3.05) is 4.90 Å². The molecule has 1 heterocycles. The number of furan rings is 1. The molecule has 0 atom stereocenters. The lowest BCUT2D eigenvalue weighted by atomic mass is 10.1. The molecule has 1 aliphatic rings. The van der Waals surface area contributed by atoms with Crippen LogP contribution in [0.2, 0.25) is 0 Å². The highest BCUT2D eigenvalue weighted by Gasteiger charge is 2.30. The van der Waals surface area contributed by atoms with Crippen LogP contribution in [0.4, 0.5) is 10.1 Å². The van der Waals surface area contributed by atoms with Crippen molar-refractivity contribution >= 4 is 11.7 Å². The van der Waals surface area contributed by atoms with Crippen molar-refractivity contribution < 1.29 is 18.7 Å². The predicted molar refractivity (Wildman–Crippen MR) is 71.3 cm³/mol. The van der Waals surface area contributed by atoms with Gasteiger partial charge in [-0.25, -0.2) is 9.18 Å². The van der Waals surface area contributed by atoms with Gasteiger partial charge in [-0.3, -0.25) is 0 Å². The Kier molecular flexibility index (Phi) is 3.18. The van der Waals surface area contributed by atoms with Gasteiger partial charge in [-0.1, -0.05) is 0 Å². The molecule has 104 valence electrons. The SMILES string of the molecule is O=C(O)c1ccc(N(Cc2ccco2)C2CC2)cc1F. The molecule has 5 heteroatoms. The van der Waals surface area contributed by atoms with Gasteiger partial charge < -0.3 is 14.4 Å². The van der Waals surface area contributed by atoms with Crippen molar-refractivity contribution in [3.8, 4) is 0 Å². The highest BCUT2D eigenvalue weighted by Crippen LogP contribution is 2.33. The minimum absolute atomic E-state index is 0.303. The average molecular weight is 275 g/mol. The summed E-state index contributed by atoms with van der Waals surface area (Å²) in [5, 5.41) is 8.86. The molecule has 1 saturated carbocycles. The van der Waals surface area contributed by atoms with E-state index in [2.05, 4.69) is 0 Å². The molecule has 0 spiro atoms. The molecular formula is C15H14FNO3. The third kappa shape index (κ3) is 2.52. The number of nitrogens with zero attached hydrogens (tertiary/aromatic N) is 1. The van der Waals surface area contributed by atoms with Crippen LogP contribution in [0.25, 0.3) is 0 Å². The normalized spacial score (nSPS) is 14.2. The van der Waals surface area contributed by atoms with Crippen LogP contribution in [-0.4, -0.2) is 17.1 Å². The van der Waals surface area contributed by atoms with Crippen molar-refractivity contribution in [1.29, 1.82) is 0 Å². The molecular weight excluding hydrogens is 261 g/mol. The van der Waals surface area contributed by atoms with Crippen LogP contribution in [0.15, 0.2) is 41.0 Å². The van der Waals surface area contributed by atoms with E-state index in [0.29, 0.717) is 18.3 Å². The van der Waals surface area contributed by atoms with Crippen LogP contribution in [0.5, 0.6) is 0 Å². The number of carbonyl (C=O) groups is 1. The van der Waals surface area contributed by atoms with Crippen LogP contribution >= 0.6 is 0 Å². The van der Waals surface area contributed by atoms with Gasteiger partial charge >= 0.3 is 5.97 Å². The zero-order valence-electron chi connectivity index (χ0n) is 10.8. The minimum atomic E-state index is -1.25. The van der Waals surface area contributed by atoms with E-state index >= 15 is 0 Å². The summed E-state index contributed by atoms with van der Waals surface area (Å²) in [6.45, 7) is 0.559. The second-order valence-corrected chi connectivity index (χ2v) is 4.91. The summed E-state index contributed by atoms with van der Waals surface area (Å²) in [6, 6.07) is 8.30. The largest absolute Gasteiger partial charge is 0.478 e. The number of rotatable bonds is 5. The van der Waals surface area contributed by atoms with Gasteiger partial charge in [-0.15, -0.1) is 0 Å². The molecule has 0 aliphatic heterocycles. The summed E-state index contributed by atoms with van der Waals surface area (Å²) in [6.07, 6.45) is 3.72. The summed E-state index contributed by atoms with van der Waals surface area (Å²) < 4.78 is 19.1. The maximum Gasteiger partial charge on any atom is 0.338 e. The molecule has 0 bridgehead atoms. The molecule has 3 rings (SSSR count). The van der Waals surface area contributed by atoms with Gasteiger partial charge in [0.25, 0.3) is 0 Å². The topological polar surface area (TPSA) is 53.7 Å². The number of benzene rings is 1. The predicted octanol–water partition coefficient (Wildman–Crippen LogP) is 3.29. The van der Waals surface area contributed by atoms with Crippen LogP contribution in [0, 0.1) is 5.82 Å². The molecule has 0 unspecified atom stereocenters. The Bertz CT molecular complexity index is 620. The van der Waals surface area contributed by atoms with E-state index < -0.39 is 11.8 Å². The summed E-state index contributed by atoms with van der Waals surface area (Å²) >= 11 is 0. The first kappa shape index (κ1) is 12.7. The Balaban J connectivity index is 1.88. The summed E-state index contributed by atoms with van der Waals surface area (Å²) in [5.41, 5.74) is 0.383. The monoisotopic (exact) mass is 275 g/mol. The van der Waals surface area contributed by atoms with Crippen LogP contribution in [-0.2, 0) is 6.54 Å². The first-order valence-electron chi connectivity index (χ1n) is 6.47. The van der Waals surface area contributed by atoms with Gasteiger partial charge in [0.15, 0.2) is 0 Å². The van der Waals surface area contributed by atoms with Crippen LogP contribution in [0.3, 0.4) is 0 Å². The molecule has 1 N–H and O–H groups in total. The lowest BCUT2D eigenvalue weighted by molar-refractivity contribution is 0.0692. The fourth-order valence-electron chi connectivity index (χ4n) is 2.24. The van der Waals surface area contributed by atoms with E-state index in [1.807, 2.05) is 17.0 Å². The summed E-state index contributed by atoms with van der Waals surface area (Å²) in [4.78, 5) is 12.9. The molecule has 1 aliphatic carbocycles. The fraction of sp³-hybridized carbons (Fsp3) is 0.267. The second kappa shape index (κ2) is 5.00. The quantitative estimate of drug-likeness (QED) is 0.909. The smallest absolute Gasteiger partial charge is 0.338 e. The van der Waals surface area contributed by atoms with E-state index in [1.165, 1.54) is 12.1 Å². The van der Waals surface area contributed by atoms with E-state index in [1.54, 1.807) is 12.3 Å². The van der Waals surface area contributed by atoms with Gasteiger partial charge in [0.2, 0.25) is 0 Å². The molecule has 0 amide bonds. The fourth-order valence-corrected chi connectivity index (χ4v) is 2.24. The van der Waals surface area contributed by atoms with Gasteiger partial charge in [-0.2, -0.15) is 0 Å². The Morgan fingerprint density at radius 1 is 1.40 bits per heavy atom. The number of hydrogen-bond acceptors (Lipinski definition) is 3. The third-order valence-electron chi connectivity index (χ3n) is 3.41. The maximum atomic E-state index is 13.8. The molecule has 0 radical (unpaired) electrons. The molecule has 1 aromatic carbocycles. The average Bonchev–Trinajstić information content (AvgIpc) is 3.12. The number of carboxylic acid groups (broad SMARTS) is 1. The van der Waals surface area contributed by atoms with E-state index in [4.69, 9.17) is 9.52 Å². The Morgan fingerprint density at radius 2 is 2.20 bits per heavy atom. The number of anilines is 1. The highest BCUT2D eigenvalue weighted by molar-refractivity contribution is 5.88. The van der Waals surface area contributed by atoms with E-state index in [-0.39, 0.29) is 5.56 Å². The van der Waals surface area contributed by atoms with Crippen molar-refractivity contribution in [2.45, 2.75) is 25.4 Å². The lowest BCUT2D eigenvalue weighted by Crippen LogP contribution is -2.25. The number of hydrogen-bond donors (Lipinski definition) is 1. The van der Waals surface area contributed by atoms with Gasteiger partial charge in [-0.05, 0) is 43.2 Å². The van der Waals surface area contributed by atoms with Crippen molar-refractivity contribution in [3.05, 3.63) is 53.7 Å². The Morgan fingerprint density at radius 3 is 2.75 bits per heavy atom. The van der Waals surface area contributed by atoms with Crippen molar-refractivity contribution in [2.24, 2.45) is 0 Å². The Hall–Kier alpha value is -2.30. The summed E-state index contributed by atoms with van der Waals surface area (Å²) in [5.74, 6) is -1.15. The highest BCUT2D eigenvalue weighted by atomic mass is 19.1. The second-order valence-electron chi connectivity index (χ2n) is 4.91. The van der Waals surface area contributed by atoms with Crippen LogP contribution < -0.4 is 4.90 Å².